The second kappa shape index (κ2) is 10.3. The van der Waals surface area contributed by atoms with Crippen molar-refractivity contribution < 1.29 is 46.8 Å². The van der Waals surface area contributed by atoms with Gasteiger partial charge in [0.05, 0.1) is 18.8 Å². The maximum Gasteiger partial charge on any atom is 0.432 e. The second-order valence-corrected chi connectivity index (χ2v) is 7.02. The van der Waals surface area contributed by atoms with Crippen LogP contribution in [-0.4, -0.2) is 61.9 Å². The van der Waals surface area contributed by atoms with Crippen LogP contribution in [-0.2, 0) is 34.1 Å². The van der Waals surface area contributed by atoms with Gasteiger partial charge in [-0.3, -0.25) is 0 Å². The SMILES string of the molecule is C/C=C/[C@H]1O[C@H]([C@@H](C)O)C(C(=O)OC)=C[C@H]1OC(=O)[C@](OC)(c1ccccc1)C(F)(F)F. The highest BCUT2D eigenvalue weighted by atomic mass is 19.4. The molecule has 176 valence electrons. The summed E-state index contributed by atoms with van der Waals surface area (Å²) in [6.45, 7) is 2.99. The average molecular weight is 458 g/mol. The van der Waals surface area contributed by atoms with Gasteiger partial charge in [0.25, 0.3) is 5.60 Å². The Bertz CT molecular complexity index is 864. The molecule has 0 spiro atoms. The molecule has 1 N–H and O–H groups in total. The van der Waals surface area contributed by atoms with Gasteiger partial charge in [0.2, 0.25) is 0 Å². The first kappa shape index (κ1) is 25.6. The van der Waals surface area contributed by atoms with Crippen LogP contribution >= 0.6 is 0 Å². The number of carbonyl (C=O) groups excluding carboxylic acids is 2. The smallest absolute Gasteiger partial charge is 0.432 e. The van der Waals surface area contributed by atoms with Crippen molar-refractivity contribution in [2.75, 3.05) is 14.2 Å². The Labute approximate surface area is 183 Å². The molecule has 0 radical (unpaired) electrons. The zero-order valence-corrected chi connectivity index (χ0v) is 18.0. The van der Waals surface area contributed by atoms with E-state index in [1.165, 1.54) is 37.3 Å². The fourth-order valence-electron chi connectivity index (χ4n) is 3.40. The minimum absolute atomic E-state index is 0.184. The highest BCUT2D eigenvalue weighted by Crippen LogP contribution is 2.43. The topological polar surface area (TPSA) is 91.3 Å². The van der Waals surface area contributed by atoms with Gasteiger partial charge in [0.1, 0.15) is 12.2 Å². The molecule has 0 aromatic heterocycles. The maximum absolute atomic E-state index is 14.1. The van der Waals surface area contributed by atoms with E-state index in [9.17, 15) is 27.9 Å². The summed E-state index contributed by atoms with van der Waals surface area (Å²) < 4.78 is 62.7. The Morgan fingerprint density at radius 1 is 1.19 bits per heavy atom. The van der Waals surface area contributed by atoms with Crippen molar-refractivity contribution in [3.8, 4) is 0 Å². The summed E-state index contributed by atoms with van der Waals surface area (Å²) in [4.78, 5) is 25.1. The number of allylic oxidation sites excluding steroid dienone is 1. The van der Waals surface area contributed by atoms with Crippen molar-refractivity contribution in [1.29, 1.82) is 0 Å². The number of hydrogen-bond donors (Lipinski definition) is 1. The fraction of sp³-hybridized carbons (Fsp3) is 0.455. The van der Waals surface area contributed by atoms with E-state index in [4.69, 9.17) is 14.2 Å². The Kier molecular flexibility index (Phi) is 8.22. The van der Waals surface area contributed by atoms with Gasteiger partial charge >= 0.3 is 18.1 Å². The van der Waals surface area contributed by atoms with Crippen LogP contribution in [0.15, 0.2) is 54.1 Å². The van der Waals surface area contributed by atoms with E-state index >= 15 is 0 Å². The van der Waals surface area contributed by atoms with Gasteiger partial charge in [-0.15, -0.1) is 0 Å². The zero-order chi connectivity index (χ0) is 24.1. The minimum atomic E-state index is -5.16. The van der Waals surface area contributed by atoms with Crippen LogP contribution in [0.5, 0.6) is 0 Å². The van der Waals surface area contributed by atoms with Crippen LogP contribution in [0.2, 0.25) is 0 Å². The number of aliphatic hydroxyl groups excluding tert-OH is 1. The Hall–Kier alpha value is -2.69. The monoisotopic (exact) mass is 458 g/mol. The molecule has 0 bridgehead atoms. The third-order valence-corrected chi connectivity index (χ3v) is 4.94. The maximum atomic E-state index is 14.1. The average Bonchev–Trinajstić information content (AvgIpc) is 2.74. The summed E-state index contributed by atoms with van der Waals surface area (Å²) in [7, 11) is 1.85. The van der Waals surface area contributed by atoms with Crippen molar-refractivity contribution >= 4 is 11.9 Å². The molecular weight excluding hydrogens is 433 g/mol. The van der Waals surface area contributed by atoms with Gasteiger partial charge in [-0.25, -0.2) is 9.59 Å². The van der Waals surface area contributed by atoms with Gasteiger partial charge in [-0.1, -0.05) is 42.5 Å². The summed E-state index contributed by atoms with van der Waals surface area (Å²) in [6, 6.07) is 6.34. The van der Waals surface area contributed by atoms with Gasteiger partial charge in [-0.05, 0) is 19.9 Å². The lowest BCUT2D eigenvalue weighted by molar-refractivity contribution is -0.279. The first-order valence-electron chi connectivity index (χ1n) is 9.68. The molecule has 2 rings (SSSR count). The second-order valence-electron chi connectivity index (χ2n) is 7.02. The van der Waals surface area contributed by atoms with Gasteiger partial charge < -0.3 is 24.1 Å². The van der Waals surface area contributed by atoms with Crippen LogP contribution in [0.3, 0.4) is 0 Å². The summed E-state index contributed by atoms with van der Waals surface area (Å²) in [5.74, 6) is -2.62. The van der Waals surface area contributed by atoms with E-state index in [0.717, 1.165) is 32.4 Å². The lowest BCUT2D eigenvalue weighted by Gasteiger charge is -2.37. The van der Waals surface area contributed by atoms with E-state index in [-0.39, 0.29) is 5.57 Å². The lowest BCUT2D eigenvalue weighted by Crippen LogP contribution is -2.54. The molecule has 1 aromatic rings. The van der Waals surface area contributed by atoms with Gasteiger partial charge in [0, 0.05) is 12.7 Å². The lowest BCUT2D eigenvalue weighted by atomic mass is 9.92. The largest absolute Gasteiger partial charge is 0.466 e. The molecule has 0 unspecified atom stereocenters. The Morgan fingerprint density at radius 3 is 2.28 bits per heavy atom. The first-order valence-corrected chi connectivity index (χ1v) is 9.68. The third kappa shape index (κ3) is 4.87. The van der Waals surface area contributed by atoms with Crippen molar-refractivity contribution in [2.24, 2.45) is 0 Å². The van der Waals surface area contributed by atoms with Crippen molar-refractivity contribution in [2.45, 2.75) is 50.0 Å². The summed E-state index contributed by atoms with van der Waals surface area (Å²) in [5, 5.41) is 9.99. The van der Waals surface area contributed by atoms with Crippen LogP contribution in [0.25, 0.3) is 0 Å². The predicted octanol–water partition coefficient (Wildman–Crippen LogP) is 2.83. The number of rotatable bonds is 7. The van der Waals surface area contributed by atoms with Gasteiger partial charge in [0.15, 0.2) is 6.10 Å². The Balaban J connectivity index is 2.55. The van der Waals surface area contributed by atoms with E-state index < -0.39 is 53.7 Å². The highest BCUT2D eigenvalue weighted by Gasteiger charge is 2.64. The number of hydrogen-bond acceptors (Lipinski definition) is 7. The van der Waals surface area contributed by atoms with Crippen molar-refractivity contribution in [1.82, 2.24) is 0 Å². The molecule has 1 aliphatic heterocycles. The molecule has 0 amide bonds. The van der Waals surface area contributed by atoms with Crippen LogP contribution in [0.1, 0.15) is 19.4 Å². The number of esters is 2. The van der Waals surface area contributed by atoms with Gasteiger partial charge in [-0.2, -0.15) is 13.2 Å². The quantitative estimate of drug-likeness (QED) is 0.496. The number of carbonyl (C=O) groups is 2. The molecule has 0 saturated carbocycles. The fourth-order valence-corrected chi connectivity index (χ4v) is 3.40. The summed E-state index contributed by atoms with van der Waals surface area (Å²) in [6.07, 6.45) is -5.86. The normalized spacial score (nSPS) is 24.4. The van der Waals surface area contributed by atoms with E-state index in [1.54, 1.807) is 6.92 Å². The molecule has 0 aliphatic carbocycles. The number of benzene rings is 1. The molecule has 0 saturated heterocycles. The first-order chi connectivity index (χ1) is 15.0. The molecule has 5 atom stereocenters. The number of alkyl halides is 3. The van der Waals surface area contributed by atoms with Crippen molar-refractivity contribution in [3.63, 3.8) is 0 Å². The molecule has 10 heteroatoms. The van der Waals surface area contributed by atoms with E-state index in [0.29, 0.717) is 0 Å². The van der Waals surface area contributed by atoms with Crippen LogP contribution in [0.4, 0.5) is 13.2 Å². The number of halogens is 3. The highest BCUT2D eigenvalue weighted by molar-refractivity contribution is 5.90. The van der Waals surface area contributed by atoms with Crippen LogP contribution in [0, 0.1) is 0 Å². The molecule has 1 heterocycles. The van der Waals surface area contributed by atoms with Crippen LogP contribution < -0.4 is 0 Å². The molecule has 0 fully saturated rings. The minimum Gasteiger partial charge on any atom is -0.466 e. The number of ether oxygens (including phenoxy) is 4. The molecule has 1 aliphatic rings. The Morgan fingerprint density at radius 2 is 1.81 bits per heavy atom. The molecular formula is C22H25F3O7. The molecule has 1 aromatic carbocycles. The number of aliphatic hydroxyl groups is 1. The standard InChI is InChI=1S/C22H25F3O7/c1-5-9-16-17(12-15(19(27)29-3)18(31-16)13(2)26)32-20(28)21(30-4,22(23,24)25)14-10-7-6-8-11-14/h5-13,16-18,26H,1-4H3/b9-5+/t13-,16-,17-,18-,21-/m1/s1. The summed E-state index contributed by atoms with van der Waals surface area (Å²) in [5.41, 5.74) is -4.07. The summed E-state index contributed by atoms with van der Waals surface area (Å²) >= 11 is 0. The third-order valence-electron chi connectivity index (χ3n) is 4.94. The molecule has 32 heavy (non-hydrogen) atoms. The number of methoxy groups -OCH3 is 2. The van der Waals surface area contributed by atoms with Crippen molar-refractivity contribution in [3.05, 3.63) is 59.7 Å². The zero-order valence-electron chi connectivity index (χ0n) is 18.0. The predicted molar refractivity (Wildman–Crippen MR) is 106 cm³/mol. The molecule has 7 nitrogen and oxygen atoms in total. The van der Waals surface area contributed by atoms with E-state index in [1.807, 2.05) is 0 Å². The van der Waals surface area contributed by atoms with E-state index in [2.05, 4.69) is 4.74 Å².